The Morgan fingerprint density at radius 3 is 2.27 bits per heavy atom. The molecule has 3 aromatic rings. The fourth-order valence-corrected chi connectivity index (χ4v) is 3.31. The Morgan fingerprint density at radius 1 is 1.07 bits per heavy atom. The van der Waals surface area contributed by atoms with Gasteiger partial charge in [0.15, 0.2) is 5.03 Å². The molecule has 3 rings (SSSR count). The number of nitrogens with zero attached hydrogens (tertiary/aromatic N) is 2. The molecule has 0 saturated carbocycles. The average molecular weight is 416 g/mol. The Balaban J connectivity index is 1.58. The molecule has 1 amide bonds. The Morgan fingerprint density at radius 2 is 1.67 bits per heavy atom. The normalized spacial score (nSPS) is 9.97. The summed E-state index contributed by atoms with van der Waals surface area (Å²) in [5.41, 5.74) is 7.98. The number of pyridine rings is 1. The molecule has 0 atom stereocenters. The minimum atomic E-state index is -0.243. The van der Waals surface area contributed by atoms with E-state index in [-0.39, 0.29) is 28.6 Å². The predicted molar refractivity (Wildman–Crippen MR) is 114 cm³/mol. The van der Waals surface area contributed by atoms with Crippen LogP contribution in [0.1, 0.15) is 16.7 Å². The van der Waals surface area contributed by atoms with Crippen molar-refractivity contribution in [3.05, 3.63) is 71.3 Å². The number of ether oxygens (including phenoxy) is 1. The molecule has 0 aliphatic rings. The van der Waals surface area contributed by atoms with Crippen molar-refractivity contribution in [3.63, 3.8) is 0 Å². The quantitative estimate of drug-likeness (QED) is 0.591. The SMILES string of the molecule is Cc1ccc(Oc2ccc(NC(=O)CSc3[nH+]c(N)c(C#N)cc3C#N)cc2)cc1. The van der Waals surface area contributed by atoms with Crippen LogP contribution >= 0.6 is 11.8 Å². The number of nitrogens with two attached hydrogens (primary N) is 1. The Bertz CT molecular complexity index is 1150. The smallest absolute Gasteiger partial charge is 0.289 e. The molecular formula is C22H18N5O2S+. The molecule has 0 bridgehead atoms. The van der Waals surface area contributed by atoms with E-state index in [1.165, 1.54) is 6.07 Å². The minimum absolute atomic E-state index is 0.0676. The van der Waals surface area contributed by atoms with Crippen molar-refractivity contribution in [2.75, 3.05) is 16.8 Å². The number of carbonyl (C=O) groups excluding carboxylic acids is 1. The number of nitrogens with one attached hydrogen (secondary N) is 2. The number of carbonyl (C=O) groups is 1. The lowest BCUT2D eigenvalue weighted by atomic mass is 10.2. The maximum atomic E-state index is 12.3. The summed E-state index contributed by atoms with van der Waals surface area (Å²) in [5.74, 6) is 1.38. The Labute approximate surface area is 178 Å². The number of nitrogen functional groups attached to an aromatic ring is 1. The van der Waals surface area contributed by atoms with Gasteiger partial charge in [0.25, 0.3) is 5.82 Å². The van der Waals surface area contributed by atoms with E-state index in [0.717, 1.165) is 23.1 Å². The van der Waals surface area contributed by atoms with E-state index in [9.17, 15) is 10.1 Å². The molecule has 0 saturated heterocycles. The van der Waals surface area contributed by atoms with Gasteiger partial charge in [0.2, 0.25) is 5.91 Å². The average Bonchev–Trinajstić information content (AvgIpc) is 2.75. The first kappa shape index (κ1) is 20.7. The van der Waals surface area contributed by atoms with Gasteiger partial charge in [-0.3, -0.25) is 10.5 Å². The number of anilines is 2. The summed E-state index contributed by atoms with van der Waals surface area (Å²) in [7, 11) is 0. The topological polar surface area (TPSA) is 126 Å². The van der Waals surface area contributed by atoms with Crippen LogP contribution in [0.25, 0.3) is 0 Å². The molecule has 1 aromatic heterocycles. The lowest BCUT2D eigenvalue weighted by Gasteiger charge is -2.08. The van der Waals surface area contributed by atoms with Gasteiger partial charge in [0.05, 0.1) is 5.75 Å². The number of hydrogen-bond acceptors (Lipinski definition) is 6. The summed E-state index contributed by atoms with van der Waals surface area (Å²) in [6.07, 6.45) is 0. The lowest BCUT2D eigenvalue weighted by molar-refractivity contribution is -0.410. The molecule has 0 radical (unpaired) electrons. The summed E-state index contributed by atoms with van der Waals surface area (Å²) in [6, 6.07) is 20.1. The van der Waals surface area contributed by atoms with E-state index < -0.39 is 0 Å². The number of thioether (sulfide) groups is 1. The van der Waals surface area contributed by atoms with Crippen LogP contribution in [0, 0.1) is 29.6 Å². The number of aryl methyl sites for hydroxylation is 1. The van der Waals surface area contributed by atoms with Crippen LogP contribution in [0.3, 0.4) is 0 Å². The van der Waals surface area contributed by atoms with Gasteiger partial charge >= 0.3 is 0 Å². The third kappa shape index (κ3) is 5.28. The molecule has 0 fully saturated rings. The second-order valence-corrected chi connectivity index (χ2v) is 7.33. The standard InChI is InChI=1S/C22H17N5O2S/c1-14-2-6-18(7-3-14)29-19-8-4-17(5-9-19)26-20(28)13-30-22-16(12-24)10-15(11-23)21(25)27-22/h2-10H,13H2,1H3,(H2,25,27)(H,26,28)/p+1. The molecule has 1 heterocycles. The van der Waals surface area contributed by atoms with E-state index >= 15 is 0 Å². The van der Waals surface area contributed by atoms with Crippen molar-refractivity contribution in [2.24, 2.45) is 0 Å². The number of nitriles is 2. The highest BCUT2D eigenvalue weighted by atomic mass is 32.2. The lowest BCUT2D eigenvalue weighted by Crippen LogP contribution is -2.19. The zero-order chi connectivity index (χ0) is 21.5. The summed E-state index contributed by atoms with van der Waals surface area (Å²) >= 11 is 1.13. The highest BCUT2D eigenvalue weighted by Gasteiger charge is 2.16. The van der Waals surface area contributed by atoms with E-state index in [2.05, 4.69) is 10.3 Å². The molecule has 0 spiro atoms. The molecule has 148 valence electrons. The third-order valence-corrected chi connectivity index (χ3v) is 5.07. The second-order valence-electron chi connectivity index (χ2n) is 6.34. The van der Waals surface area contributed by atoms with E-state index in [4.69, 9.17) is 15.7 Å². The monoisotopic (exact) mass is 416 g/mol. The first-order valence-corrected chi connectivity index (χ1v) is 9.90. The van der Waals surface area contributed by atoms with Gasteiger partial charge in [-0.15, -0.1) is 0 Å². The number of hydrogen-bond donors (Lipinski definition) is 2. The van der Waals surface area contributed by atoms with Gasteiger partial charge in [-0.2, -0.15) is 10.5 Å². The van der Waals surface area contributed by atoms with Crippen molar-refractivity contribution in [1.82, 2.24) is 0 Å². The molecule has 30 heavy (non-hydrogen) atoms. The molecule has 0 unspecified atom stereocenters. The molecule has 0 aliphatic carbocycles. The van der Waals surface area contributed by atoms with Gasteiger partial charge in [-0.25, -0.2) is 4.98 Å². The first-order chi connectivity index (χ1) is 14.5. The van der Waals surface area contributed by atoms with Crippen molar-refractivity contribution < 1.29 is 14.5 Å². The summed E-state index contributed by atoms with van der Waals surface area (Å²) < 4.78 is 5.77. The number of aromatic nitrogens is 1. The number of benzene rings is 2. The number of aromatic amines is 1. The zero-order valence-corrected chi connectivity index (χ0v) is 16.9. The zero-order valence-electron chi connectivity index (χ0n) is 16.1. The van der Waals surface area contributed by atoms with Crippen LogP contribution in [0.2, 0.25) is 0 Å². The summed E-state index contributed by atoms with van der Waals surface area (Å²) in [6.45, 7) is 2.01. The van der Waals surface area contributed by atoms with Gasteiger partial charge in [0, 0.05) is 5.69 Å². The van der Waals surface area contributed by atoms with Crippen molar-refractivity contribution in [1.29, 1.82) is 10.5 Å². The summed E-state index contributed by atoms with van der Waals surface area (Å²) in [5, 5.41) is 21.4. The number of H-pyrrole nitrogens is 1. The van der Waals surface area contributed by atoms with Crippen molar-refractivity contribution in [2.45, 2.75) is 11.9 Å². The maximum absolute atomic E-state index is 12.3. The van der Waals surface area contributed by atoms with Crippen molar-refractivity contribution >= 4 is 29.2 Å². The molecule has 8 heteroatoms. The van der Waals surface area contributed by atoms with Crippen LogP contribution in [0.15, 0.2) is 59.6 Å². The number of rotatable bonds is 6. The highest BCUT2D eigenvalue weighted by Crippen LogP contribution is 2.24. The largest absolute Gasteiger partial charge is 0.457 e. The van der Waals surface area contributed by atoms with Gasteiger partial charge in [-0.05, 0) is 49.4 Å². The molecule has 4 N–H and O–H groups in total. The van der Waals surface area contributed by atoms with Gasteiger partial charge < -0.3 is 10.1 Å². The molecule has 2 aromatic carbocycles. The van der Waals surface area contributed by atoms with Crippen LogP contribution in [-0.4, -0.2) is 11.7 Å². The van der Waals surface area contributed by atoms with E-state index in [1.807, 2.05) is 43.3 Å². The Hall–Kier alpha value is -4.01. The predicted octanol–water partition coefficient (Wildman–Crippen LogP) is 3.66. The molecule has 0 aliphatic heterocycles. The van der Waals surface area contributed by atoms with Crippen LogP contribution in [-0.2, 0) is 4.79 Å². The van der Waals surface area contributed by atoms with E-state index in [0.29, 0.717) is 16.5 Å². The molecular weight excluding hydrogens is 398 g/mol. The van der Waals surface area contributed by atoms with E-state index in [1.54, 1.807) is 24.3 Å². The van der Waals surface area contributed by atoms with Crippen LogP contribution < -0.4 is 20.8 Å². The first-order valence-electron chi connectivity index (χ1n) is 8.91. The fraction of sp³-hybridized carbons (Fsp3) is 0.0909. The fourth-order valence-electron chi connectivity index (χ4n) is 2.52. The maximum Gasteiger partial charge on any atom is 0.289 e. The van der Waals surface area contributed by atoms with Crippen molar-refractivity contribution in [3.8, 4) is 23.6 Å². The minimum Gasteiger partial charge on any atom is -0.457 e. The van der Waals surface area contributed by atoms with Crippen LogP contribution in [0.5, 0.6) is 11.5 Å². The van der Waals surface area contributed by atoms with Gasteiger partial charge in [0.1, 0.15) is 34.8 Å². The second kappa shape index (κ2) is 9.46. The third-order valence-electron chi connectivity index (χ3n) is 4.05. The van der Waals surface area contributed by atoms with Crippen LogP contribution in [0.4, 0.5) is 11.5 Å². The number of amides is 1. The highest BCUT2D eigenvalue weighted by molar-refractivity contribution is 7.99. The molecule has 7 nitrogen and oxygen atoms in total. The Kier molecular flexibility index (Phi) is 6.53. The van der Waals surface area contributed by atoms with Gasteiger partial charge in [-0.1, -0.05) is 29.5 Å². The summed E-state index contributed by atoms with van der Waals surface area (Å²) in [4.78, 5) is 15.1.